The molecule has 0 amide bonds. The van der Waals surface area contributed by atoms with Crippen molar-refractivity contribution in [1.29, 1.82) is 0 Å². The molecule has 2 rings (SSSR count). The number of aryl methyl sites for hydroxylation is 1. The lowest BCUT2D eigenvalue weighted by Gasteiger charge is -2.22. The Balaban J connectivity index is 2.46. The van der Waals surface area contributed by atoms with Crippen molar-refractivity contribution in [3.63, 3.8) is 0 Å². The summed E-state index contributed by atoms with van der Waals surface area (Å²) in [6, 6.07) is 6.21. The fourth-order valence-corrected chi connectivity index (χ4v) is 3.92. The second-order valence-corrected chi connectivity index (χ2v) is 14.7. The van der Waals surface area contributed by atoms with Crippen LogP contribution in [0, 0.1) is 6.92 Å². The molecule has 0 saturated heterocycles. The predicted octanol–water partition coefficient (Wildman–Crippen LogP) is 6.85. The molecule has 2 aromatic rings. The van der Waals surface area contributed by atoms with Crippen molar-refractivity contribution in [1.82, 2.24) is 9.55 Å². The topological polar surface area (TPSA) is 27.1 Å². The minimum Gasteiger partial charge on any atom is -0.361 e. The summed E-state index contributed by atoms with van der Waals surface area (Å²) in [4.78, 5) is 4.02. The highest BCUT2D eigenvalue weighted by Crippen LogP contribution is 2.43. The number of alkyl halides is 4. The summed E-state index contributed by atoms with van der Waals surface area (Å²) in [5.74, 6) is 0.214. The summed E-state index contributed by atoms with van der Waals surface area (Å²) in [5.41, 5.74) is -3.11. The first kappa shape index (κ1) is 23.8. The van der Waals surface area contributed by atoms with Crippen molar-refractivity contribution >= 4 is 24.0 Å². The first-order chi connectivity index (χ1) is 13.3. The normalized spacial score (nSPS) is 14.7. The SMILES string of the molecule is C=CC(F)(c1cn(COCC[Si](C)(C)C)c(-c2ccc(Br)cc2C)n1)C(F)(F)F. The highest BCUT2D eigenvalue weighted by molar-refractivity contribution is 9.10. The standard InChI is InChI=1S/C20H25BrF4N2OSi/c1-6-19(22,20(23,24)25)17-12-27(13-28-9-10-29(3,4)5)18(26-17)16-8-7-15(21)11-14(16)2/h6-8,11-12H,1,9-10,13H2,2-5H3. The van der Waals surface area contributed by atoms with Gasteiger partial charge in [-0.05, 0) is 42.8 Å². The second kappa shape index (κ2) is 8.73. The zero-order chi connectivity index (χ0) is 22.0. The predicted molar refractivity (Wildman–Crippen MR) is 113 cm³/mol. The highest BCUT2D eigenvalue weighted by atomic mass is 79.9. The van der Waals surface area contributed by atoms with Gasteiger partial charge in [-0.2, -0.15) is 13.2 Å². The number of hydrogen-bond acceptors (Lipinski definition) is 2. The second-order valence-electron chi connectivity index (χ2n) is 8.14. The van der Waals surface area contributed by atoms with Gasteiger partial charge in [-0.1, -0.05) is 42.1 Å². The lowest BCUT2D eigenvalue weighted by molar-refractivity contribution is -0.217. The Morgan fingerprint density at radius 1 is 1.24 bits per heavy atom. The molecule has 9 heteroatoms. The van der Waals surface area contributed by atoms with Crippen molar-refractivity contribution in [2.45, 2.75) is 51.2 Å². The van der Waals surface area contributed by atoms with E-state index in [4.69, 9.17) is 4.74 Å². The van der Waals surface area contributed by atoms with Crippen LogP contribution in [0.25, 0.3) is 11.4 Å². The van der Waals surface area contributed by atoms with Crippen molar-refractivity contribution < 1.29 is 22.3 Å². The maximum atomic E-state index is 14.8. The summed E-state index contributed by atoms with van der Waals surface area (Å²) in [6.45, 7) is 11.9. The van der Waals surface area contributed by atoms with Gasteiger partial charge in [0.15, 0.2) is 0 Å². The van der Waals surface area contributed by atoms with E-state index in [1.165, 1.54) is 4.57 Å². The number of ether oxygens (including phenoxy) is 1. The fourth-order valence-electron chi connectivity index (χ4n) is 2.69. The zero-order valence-corrected chi connectivity index (χ0v) is 19.5. The lowest BCUT2D eigenvalue weighted by atomic mass is 10.0. The quantitative estimate of drug-likeness (QED) is 0.174. The molecular weight excluding hydrogens is 468 g/mol. The van der Waals surface area contributed by atoms with Gasteiger partial charge in [0.05, 0.1) is 0 Å². The first-order valence-electron chi connectivity index (χ1n) is 9.09. The number of benzene rings is 1. The largest absolute Gasteiger partial charge is 0.432 e. The Hall–Kier alpha value is -1.45. The van der Waals surface area contributed by atoms with Gasteiger partial charge < -0.3 is 9.30 Å². The van der Waals surface area contributed by atoms with Crippen LogP contribution in [0.15, 0.2) is 41.5 Å². The number of nitrogens with zero attached hydrogens (tertiary/aromatic N) is 2. The van der Waals surface area contributed by atoms with E-state index >= 15 is 0 Å². The van der Waals surface area contributed by atoms with Crippen LogP contribution in [0.5, 0.6) is 0 Å². The molecule has 0 spiro atoms. The van der Waals surface area contributed by atoms with Crippen molar-refractivity contribution in [2.24, 2.45) is 0 Å². The number of halogens is 5. The average Bonchev–Trinajstić information content (AvgIpc) is 3.00. The van der Waals surface area contributed by atoms with Gasteiger partial charge in [0, 0.05) is 30.9 Å². The fraction of sp³-hybridized carbons (Fsp3) is 0.450. The summed E-state index contributed by atoms with van der Waals surface area (Å²) in [5, 5.41) is 0. The van der Waals surface area contributed by atoms with Crippen LogP contribution in [0.3, 0.4) is 0 Å². The van der Waals surface area contributed by atoms with Crippen LogP contribution < -0.4 is 0 Å². The molecule has 3 nitrogen and oxygen atoms in total. The molecule has 1 aromatic heterocycles. The summed E-state index contributed by atoms with van der Waals surface area (Å²) < 4.78 is 62.9. The number of imidazole rings is 1. The molecule has 0 aliphatic carbocycles. The Labute approximate surface area is 177 Å². The number of rotatable bonds is 8. The third kappa shape index (κ3) is 5.58. The van der Waals surface area contributed by atoms with E-state index in [1.54, 1.807) is 12.1 Å². The minimum atomic E-state index is -5.17. The van der Waals surface area contributed by atoms with Gasteiger partial charge >= 0.3 is 6.18 Å². The third-order valence-corrected chi connectivity index (χ3v) is 6.70. The third-order valence-electron chi connectivity index (χ3n) is 4.50. The van der Waals surface area contributed by atoms with E-state index in [9.17, 15) is 17.6 Å². The Kier molecular flexibility index (Phi) is 7.17. The number of hydrogen-bond donors (Lipinski definition) is 0. The number of allylic oxidation sites excluding steroid dienone is 1. The number of aromatic nitrogens is 2. The molecule has 1 heterocycles. The summed E-state index contributed by atoms with van der Waals surface area (Å²) in [6.07, 6.45) is -3.87. The van der Waals surface area contributed by atoms with E-state index < -0.39 is 25.6 Å². The van der Waals surface area contributed by atoms with E-state index in [2.05, 4.69) is 47.1 Å². The Morgan fingerprint density at radius 2 is 1.90 bits per heavy atom. The van der Waals surface area contributed by atoms with E-state index in [0.29, 0.717) is 12.2 Å². The minimum absolute atomic E-state index is 0.0204. The molecule has 0 radical (unpaired) electrons. The molecule has 160 valence electrons. The molecule has 29 heavy (non-hydrogen) atoms. The van der Waals surface area contributed by atoms with Crippen LogP contribution >= 0.6 is 15.9 Å². The maximum Gasteiger partial charge on any atom is 0.432 e. The van der Waals surface area contributed by atoms with Crippen LogP contribution in [0.4, 0.5) is 17.6 Å². The molecule has 0 aliphatic heterocycles. The van der Waals surface area contributed by atoms with Crippen LogP contribution in [-0.4, -0.2) is 30.4 Å². The van der Waals surface area contributed by atoms with E-state index in [-0.39, 0.29) is 18.6 Å². The Morgan fingerprint density at radius 3 is 2.41 bits per heavy atom. The van der Waals surface area contributed by atoms with Crippen molar-refractivity contribution in [2.75, 3.05) is 6.61 Å². The van der Waals surface area contributed by atoms with Gasteiger partial charge in [0.1, 0.15) is 18.2 Å². The van der Waals surface area contributed by atoms with Crippen molar-refractivity contribution in [3.8, 4) is 11.4 Å². The molecule has 1 aromatic carbocycles. The Bertz CT molecular complexity index is 876. The van der Waals surface area contributed by atoms with Gasteiger partial charge in [-0.25, -0.2) is 9.37 Å². The molecule has 0 aliphatic rings. The van der Waals surface area contributed by atoms with Crippen LogP contribution in [-0.2, 0) is 17.1 Å². The first-order valence-corrected chi connectivity index (χ1v) is 13.6. The molecule has 0 fully saturated rings. The molecule has 0 saturated carbocycles. The average molecular weight is 493 g/mol. The molecule has 1 unspecified atom stereocenters. The highest BCUT2D eigenvalue weighted by Gasteiger charge is 2.57. The van der Waals surface area contributed by atoms with Crippen LogP contribution in [0.1, 0.15) is 11.3 Å². The maximum absolute atomic E-state index is 14.8. The molecule has 0 N–H and O–H groups in total. The monoisotopic (exact) mass is 492 g/mol. The van der Waals surface area contributed by atoms with Gasteiger partial charge in [0.2, 0.25) is 0 Å². The molecule has 0 bridgehead atoms. The smallest absolute Gasteiger partial charge is 0.361 e. The van der Waals surface area contributed by atoms with Crippen LogP contribution in [0.2, 0.25) is 25.7 Å². The lowest BCUT2D eigenvalue weighted by Crippen LogP contribution is -2.36. The van der Waals surface area contributed by atoms with Crippen molar-refractivity contribution in [3.05, 3.63) is 52.8 Å². The van der Waals surface area contributed by atoms with Gasteiger partial charge in [-0.15, -0.1) is 0 Å². The van der Waals surface area contributed by atoms with E-state index in [1.807, 2.05) is 13.0 Å². The summed E-state index contributed by atoms with van der Waals surface area (Å²) in [7, 11) is -1.32. The molecular formula is C20H25BrF4N2OSi. The molecule has 1 atom stereocenters. The zero-order valence-electron chi connectivity index (χ0n) is 16.9. The van der Waals surface area contributed by atoms with Gasteiger partial charge in [-0.3, -0.25) is 0 Å². The summed E-state index contributed by atoms with van der Waals surface area (Å²) >= 11 is 3.36. The van der Waals surface area contributed by atoms with E-state index in [0.717, 1.165) is 22.3 Å². The van der Waals surface area contributed by atoms with Gasteiger partial charge in [0.25, 0.3) is 5.67 Å².